The normalized spacial score (nSPS) is 12.9. The maximum absolute atomic E-state index is 13.9. The van der Waals surface area contributed by atoms with Gasteiger partial charge in [0.1, 0.15) is 17.7 Å². The molecule has 2 aromatic carbocycles. The van der Waals surface area contributed by atoms with Crippen LogP contribution in [0.25, 0.3) is 11.1 Å². The van der Waals surface area contributed by atoms with E-state index >= 15 is 0 Å². The summed E-state index contributed by atoms with van der Waals surface area (Å²) in [5, 5.41) is 0. The van der Waals surface area contributed by atoms with Crippen LogP contribution < -0.4 is 10.5 Å². The smallest absolute Gasteiger partial charge is 0.126 e. The summed E-state index contributed by atoms with van der Waals surface area (Å²) in [4.78, 5) is 2.07. The Morgan fingerprint density at radius 1 is 0.949 bits per heavy atom. The fourth-order valence-corrected chi connectivity index (χ4v) is 3.43. The number of benzene rings is 2. The second-order valence-electron chi connectivity index (χ2n) is 8.32. The summed E-state index contributed by atoms with van der Waals surface area (Å²) in [6.07, 6.45) is 10.7. The molecule has 0 aliphatic carbocycles. The van der Waals surface area contributed by atoms with Gasteiger partial charge >= 0.3 is 0 Å². The number of hydrogen-bond acceptors (Lipinski definition) is 3. The quantitative estimate of drug-likeness (QED) is 0.232. The van der Waals surface area contributed by atoms with Crippen molar-refractivity contribution in [1.29, 1.82) is 0 Å². The molecule has 0 saturated carbocycles. The van der Waals surface area contributed by atoms with Crippen molar-refractivity contribution in [2.75, 3.05) is 26.9 Å². The fraction of sp³-hybridized carbons (Fsp3) is 0.471. The van der Waals surface area contributed by atoms with Crippen molar-refractivity contribution in [3.63, 3.8) is 0 Å². The number of allylic oxidation sites excluding steroid dienone is 2. The van der Waals surface area contributed by atoms with Crippen LogP contribution in [-0.2, 0) is 6.42 Å². The maximum Gasteiger partial charge on any atom is 0.126 e. The van der Waals surface area contributed by atoms with Gasteiger partial charge < -0.3 is 10.5 Å². The highest BCUT2D eigenvalue weighted by Gasteiger charge is 2.16. The van der Waals surface area contributed by atoms with Gasteiger partial charge in [0, 0.05) is 19.8 Å². The van der Waals surface area contributed by atoms with E-state index in [1.54, 1.807) is 13.2 Å². The lowest BCUT2D eigenvalue weighted by atomic mass is 9.96. The van der Waals surface area contributed by atoms with Crippen LogP contribution in [-0.4, -0.2) is 37.9 Å². The first kappa shape index (κ1) is 40.6. The molecule has 0 aromatic heterocycles. The van der Waals surface area contributed by atoms with E-state index in [1.165, 1.54) is 6.42 Å². The molecule has 0 bridgehead atoms. The van der Waals surface area contributed by atoms with Crippen molar-refractivity contribution >= 4 is 11.1 Å². The largest absolute Gasteiger partial charge is 0.497 e. The Bertz CT molecular complexity index is 899. The first-order valence-corrected chi connectivity index (χ1v) is 13.8. The summed E-state index contributed by atoms with van der Waals surface area (Å²) in [6.45, 7) is 22.5. The first-order valence-electron chi connectivity index (χ1n) is 13.8. The topological polar surface area (TPSA) is 38.5 Å². The summed E-state index contributed by atoms with van der Waals surface area (Å²) in [7, 11) is 1.65. The molecular formula is C34H54F2N2O. The van der Waals surface area contributed by atoms with Crippen LogP contribution >= 0.6 is 0 Å². The molecule has 2 aromatic rings. The predicted molar refractivity (Wildman–Crippen MR) is 170 cm³/mol. The molecule has 1 aliphatic heterocycles. The Morgan fingerprint density at radius 2 is 1.38 bits per heavy atom. The zero-order valence-corrected chi connectivity index (χ0v) is 25.8. The Hall–Kier alpha value is -2.94. The third kappa shape index (κ3) is 16.6. The van der Waals surface area contributed by atoms with Crippen LogP contribution in [0.15, 0.2) is 55.6 Å². The third-order valence-electron chi connectivity index (χ3n) is 5.73. The molecule has 0 spiro atoms. The molecule has 1 heterocycles. The number of likely N-dealkylation sites (tertiary alicyclic amines) is 1. The van der Waals surface area contributed by atoms with E-state index in [9.17, 15) is 8.78 Å². The molecule has 1 saturated heterocycles. The van der Waals surface area contributed by atoms with Crippen molar-refractivity contribution < 1.29 is 13.5 Å². The number of hydrogen-bond donors (Lipinski definition) is 1. The lowest BCUT2D eigenvalue weighted by Gasteiger charge is -2.26. The van der Waals surface area contributed by atoms with Crippen LogP contribution in [0.3, 0.4) is 0 Å². The maximum atomic E-state index is 13.9. The van der Waals surface area contributed by atoms with Crippen LogP contribution in [0, 0.1) is 18.7 Å². The SMILES string of the molecule is C#C.C=C.CC.CCC.CCc1ccc(/C(C)=C(/C)c2ccc(OC)cc2)cc1F.NCN1CCC(F)CC1. The van der Waals surface area contributed by atoms with Crippen LogP contribution in [0.5, 0.6) is 5.75 Å². The average Bonchev–Trinajstić information content (AvgIpc) is 3.00. The number of halogens is 2. The molecule has 1 fully saturated rings. The molecule has 0 unspecified atom stereocenters. The highest BCUT2D eigenvalue weighted by atomic mass is 19.1. The van der Waals surface area contributed by atoms with Crippen molar-refractivity contribution in [3.05, 3.63) is 78.1 Å². The number of methoxy groups -OCH3 is 1. The Morgan fingerprint density at radius 3 is 1.77 bits per heavy atom. The monoisotopic (exact) mass is 544 g/mol. The van der Waals surface area contributed by atoms with E-state index in [-0.39, 0.29) is 5.82 Å². The van der Waals surface area contributed by atoms with Gasteiger partial charge in [-0.1, -0.05) is 65.3 Å². The Labute approximate surface area is 239 Å². The van der Waals surface area contributed by atoms with Crippen LogP contribution in [0.2, 0.25) is 0 Å². The third-order valence-corrected chi connectivity index (χ3v) is 5.73. The number of ether oxygens (including phenoxy) is 1. The second kappa shape index (κ2) is 26.7. The van der Waals surface area contributed by atoms with E-state index in [4.69, 9.17) is 10.5 Å². The molecule has 0 radical (unpaired) electrons. The molecule has 0 atom stereocenters. The van der Waals surface area contributed by atoms with E-state index in [0.717, 1.165) is 46.7 Å². The van der Waals surface area contributed by atoms with Gasteiger partial charge in [-0.15, -0.1) is 26.0 Å². The van der Waals surface area contributed by atoms with Gasteiger partial charge in [-0.2, -0.15) is 0 Å². The number of alkyl halides is 1. The minimum Gasteiger partial charge on any atom is -0.497 e. The van der Waals surface area contributed by atoms with Crippen LogP contribution in [0.4, 0.5) is 8.78 Å². The van der Waals surface area contributed by atoms with Crippen LogP contribution in [0.1, 0.15) is 84.4 Å². The van der Waals surface area contributed by atoms with Crippen molar-refractivity contribution in [1.82, 2.24) is 4.90 Å². The van der Waals surface area contributed by atoms with Gasteiger partial charge in [0.2, 0.25) is 0 Å². The van der Waals surface area contributed by atoms with E-state index in [1.807, 2.05) is 64.1 Å². The molecule has 3 rings (SSSR count). The van der Waals surface area contributed by atoms with Gasteiger partial charge in [0.05, 0.1) is 7.11 Å². The Balaban J connectivity index is -0.000000597. The fourth-order valence-electron chi connectivity index (χ4n) is 3.43. The molecule has 39 heavy (non-hydrogen) atoms. The van der Waals surface area contributed by atoms with Gasteiger partial charge in [-0.25, -0.2) is 8.78 Å². The van der Waals surface area contributed by atoms with E-state index in [0.29, 0.717) is 25.9 Å². The van der Waals surface area contributed by atoms with Gasteiger partial charge in [-0.3, -0.25) is 4.90 Å². The van der Waals surface area contributed by atoms with Gasteiger partial charge in [-0.05, 0) is 79.1 Å². The number of nitrogens with two attached hydrogens (primary N) is 1. The molecule has 0 amide bonds. The lowest BCUT2D eigenvalue weighted by Crippen LogP contribution is -2.38. The van der Waals surface area contributed by atoms with Crippen molar-refractivity contribution in [2.24, 2.45) is 5.73 Å². The summed E-state index contributed by atoms with van der Waals surface area (Å²) in [5.74, 6) is 0.708. The molecule has 3 nitrogen and oxygen atoms in total. The highest BCUT2D eigenvalue weighted by Crippen LogP contribution is 2.28. The highest BCUT2D eigenvalue weighted by molar-refractivity contribution is 5.88. The molecule has 2 N–H and O–H groups in total. The van der Waals surface area contributed by atoms with Crippen molar-refractivity contribution in [3.8, 4) is 18.6 Å². The zero-order chi connectivity index (χ0) is 30.8. The summed E-state index contributed by atoms with van der Waals surface area (Å²) in [5.41, 5.74) is 10.4. The minimum absolute atomic E-state index is 0.128. The van der Waals surface area contributed by atoms with Crippen molar-refractivity contribution in [2.45, 2.75) is 80.3 Å². The number of rotatable bonds is 5. The summed E-state index contributed by atoms with van der Waals surface area (Å²) in [6, 6.07) is 13.4. The van der Waals surface area contributed by atoms with E-state index < -0.39 is 6.17 Å². The second-order valence-corrected chi connectivity index (χ2v) is 8.32. The number of piperidine rings is 1. The zero-order valence-electron chi connectivity index (χ0n) is 25.8. The first-order chi connectivity index (χ1) is 18.8. The number of terminal acetylenes is 1. The summed E-state index contributed by atoms with van der Waals surface area (Å²) >= 11 is 0. The minimum atomic E-state index is -0.576. The number of aryl methyl sites for hydroxylation is 1. The number of nitrogens with zero attached hydrogens (tertiary/aromatic N) is 1. The Kier molecular flexibility index (Phi) is 27.7. The van der Waals surface area contributed by atoms with Gasteiger partial charge in [0.15, 0.2) is 0 Å². The molecule has 5 heteroatoms. The molecular weight excluding hydrogens is 490 g/mol. The standard InChI is InChI=1S/C19H21FO.C6H13FN2.C3H8.C2H6.C2H4.C2H2/c1-5-15-6-7-17(12-19(15)20)14(3)13(2)16-8-10-18(21-4)11-9-16;7-6-1-3-9(5-8)4-2-6;1-3-2;3*1-2/h6-12H,5H2,1-4H3;6H,1-5,8H2;3H2,1-2H3;1-2H3;1-2H2;1-2H/b14-13-;;;;;. The summed E-state index contributed by atoms with van der Waals surface area (Å²) < 4.78 is 31.5. The van der Waals surface area contributed by atoms with E-state index in [2.05, 4.69) is 51.7 Å². The van der Waals surface area contributed by atoms with Gasteiger partial charge in [0.25, 0.3) is 0 Å². The lowest BCUT2D eigenvalue weighted by molar-refractivity contribution is 0.154. The average molecular weight is 545 g/mol. The predicted octanol–water partition coefficient (Wildman–Crippen LogP) is 9.18. The molecule has 1 aliphatic rings. The molecule has 220 valence electrons.